The highest BCUT2D eigenvalue weighted by Gasteiger charge is 2.00. The first-order valence-electron chi connectivity index (χ1n) is 4.80. The van der Waals surface area contributed by atoms with Gasteiger partial charge in [-0.3, -0.25) is 4.79 Å². The van der Waals surface area contributed by atoms with E-state index in [1.54, 1.807) is 24.3 Å². The van der Waals surface area contributed by atoms with Crippen LogP contribution in [0.2, 0.25) is 0 Å². The van der Waals surface area contributed by atoms with Crippen LogP contribution in [0.3, 0.4) is 0 Å². The Bertz CT molecular complexity index is 341. The van der Waals surface area contributed by atoms with Crippen molar-refractivity contribution in [1.29, 1.82) is 0 Å². The van der Waals surface area contributed by atoms with Crippen LogP contribution in [0.25, 0.3) is 0 Å². The van der Waals surface area contributed by atoms with Crippen molar-refractivity contribution in [2.24, 2.45) is 16.7 Å². The van der Waals surface area contributed by atoms with Gasteiger partial charge in [0.2, 0.25) is 0 Å². The molecule has 0 unspecified atom stereocenters. The minimum atomic E-state index is 0.0230. The van der Waals surface area contributed by atoms with Gasteiger partial charge in [0.1, 0.15) is 5.84 Å². The number of hydrogen-bond acceptors (Lipinski definition) is 3. The largest absolute Gasteiger partial charge is 0.382 e. The molecule has 1 rings (SSSR count). The Morgan fingerprint density at radius 3 is 1.87 bits per heavy atom. The quantitative estimate of drug-likeness (QED) is 0.253. The van der Waals surface area contributed by atoms with E-state index in [9.17, 15) is 4.79 Å². The normalized spacial score (nSPS) is 10.2. The molecule has 0 aliphatic rings. The molecular weight excluding hydrogens is 190 g/mol. The molecule has 4 nitrogen and oxygen atoms in total. The van der Waals surface area contributed by atoms with Crippen molar-refractivity contribution in [2.45, 2.75) is 20.8 Å². The van der Waals surface area contributed by atoms with Crippen LogP contribution in [0.4, 0.5) is 0 Å². The summed E-state index contributed by atoms with van der Waals surface area (Å²) in [7, 11) is 0. The van der Waals surface area contributed by atoms with Gasteiger partial charge in [0.25, 0.3) is 0 Å². The van der Waals surface area contributed by atoms with E-state index in [1.807, 2.05) is 13.8 Å². The molecule has 0 amide bonds. The molecule has 0 fully saturated rings. The highest BCUT2D eigenvalue weighted by atomic mass is 16.1. The number of carbonyl (C=O) groups is 1. The molecule has 0 aliphatic carbocycles. The Morgan fingerprint density at radius 1 is 1.13 bits per heavy atom. The number of nitrogens with zero attached hydrogens (tertiary/aromatic N) is 1. The van der Waals surface area contributed by atoms with E-state index in [0.29, 0.717) is 11.1 Å². The fraction of sp³-hybridized carbons (Fsp3) is 0.273. The highest BCUT2D eigenvalue weighted by Crippen LogP contribution is 2.04. The van der Waals surface area contributed by atoms with Crippen LogP contribution >= 0.6 is 0 Å². The number of nitrogens with two attached hydrogens (primary N) is 2. The lowest BCUT2D eigenvalue weighted by Crippen LogP contribution is -2.15. The van der Waals surface area contributed by atoms with E-state index in [0.717, 1.165) is 0 Å². The molecular formula is C11H17N3O. The standard InChI is InChI=1S/C9H11N3O.C2H6/c1-6(13)7-2-4-8(5-3-7)9(10)12-11;1-2/h2-5H,11H2,1H3,(H2,10,12);1-2H3. The fourth-order valence-electron chi connectivity index (χ4n) is 0.950. The van der Waals surface area contributed by atoms with Crippen molar-refractivity contribution in [3.63, 3.8) is 0 Å². The Hall–Kier alpha value is -1.84. The minimum absolute atomic E-state index is 0.0230. The van der Waals surface area contributed by atoms with Gasteiger partial charge in [-0.2, -0.15) is 5.10 Å². The van der Waals surface area contributed by atoms with E-state index in [2.05, 4.69) is 5.10 Å². The van der Waals surface area contributed by atoms with Crippen molar-refractivity contribution in [1.82, 2.24) is 0 Å². The number of rotatable bonds is 2. The summed E-state index contributed by atoms with van der Waals surface area (Å²) in [6.07, 6.45) is 0. The smallest absolute Gasteiger partial charge is 0.159 e. The number of hydrazone groups is 1. The lowest BCUT2D eigenvalue weighted by atomic mass is 10.1. The van der Waals surface area contributed by atoms with E-state index in [1.165, 1.54) is 6.92 Å². The average molecular weight is 207 g/mol. The van der Waals surface area contributed by atoms with Crippen LogP contribution in [0, 0.1) is 0 Å². The number of ketones is 1. The molecule has 0 aromatic heterocycles. The van der Waals surface area contributed by atoms with Crippen molar-refractivity contribution < 1.29 is 4.79 Å². The third kappa shape index (κ3) is 3.81. The maximum absolute atomic E-state index is 10.9. The molecule has 4 heteroatoms. The molecule has 0 saturated heterocycles. The molecule has 0 spiro atoms. The van der Waals surface area contributed by atoms with Crippen LogP contribution in [0.15, 0.2) is 29.4 Å². The Morgan fingerprint density at radius 2 is 1.53 bits per heavy atom. The summed E-state index contributed by atoms with van der Waals surface area (Å²) in [5.41, 5.74) is 6.82. The number of amidine groups is 1. The first-order chi connectivity index (χ1) is 7.15. The van der Waals surface area contributed by atoms with Crippen molar-refractivity contribution in [3.05, 3.63) is 35.4 Å². The summed E-state index contributed by atoms with van der Waals surface area (Å²) < 4.78 is 0. The molecule has 1 aromatic carbocycles. The van der Waals surface area contributed by atoms with Crippen LogP contribution in [-0.4, -0.2) is 11.6 Å². The van der Waals surface area contributed by atoms with Crippen molar-refractivity contribution in [3.8, 4) is 0 Å². The molecule has 0 saturated carbocycles. The molecule has 0 aliphatic heterocycles. The average Bonchev–Trinajstić information content (AvgIpc) is 2.31. The van der Waals surface area contributed by atoms with Gasteiger partial charge in [0.15, 0.2) is 5.78 Å². The third-order valence-corrected chi connectivity index (χ3v) is 1.73. The van der Waals surface area contributed by atoms with Crippen LogP contribution in [0.5, 0.6) is 0 Å². The van der Waals surface area contributed by atoms with Gasteiger partial charge in [-0.1, -0.05) is 38.1 Å². The van der Waals surface area contributed by atoms with Gasteiger partial charge >= 0.3 is 0 Å². The summed E-state index contributed by atoms with van der Waals surface area (Å²) in [6.45, 7) is 5.51. The number of hydrogen-bond donors (Lipinski definition) is 2. The molecule has 0 radical (unpaired) electrons. The molecule has 15 heavy (non-hydrogen) atoms. The molecule has 0 heterocycles. The Labute approximate surface area is 90.0 Å². The molecule has 4 N–H and O–H groups in total. The topological polar surface area (TPSA) is 81.5 Å². The summed E-state index contributed by atoms with van der Waals surface area (Å²) in [4.78, 5) is 10.9. The number of carbonyl (C=O) groups excluding carboxylic acids is 1. The van der Waals surface area contributed by atoms with Crippen molar-refractivity contribution >= 4 is 11.6 Å². The second kappa shape index (κ2) is 6.59. The summed E-state index contributed by atoms with van der Waals surface area (Å²) >= 11 is 0. The second-order valence-electron chi connectivity index (χ2n) is 2.65. The van der Waals surface area contributed by atoms with Gasteiger partial charge in [0.05, 0.1) is 0 Å². The highest BCUT2D eigenvalue weighted by molar-refractivity contribution is 5.99. The van der Waals surface area contributed by atoms with E-state index >= 15 is 0 Å². The molecule has 0 bridgehead atoms. The van der Waals surface area contributed by atoms with Gasteiger partial charge in [-0.15, -0.1) is 0 Å². The van der Waals surface area contributed by atoms with Crippen molar-refractivity contribution in [2.75, 3.05) is 0 Å². The summed E-state index contributed by atoms with van der Waals surface area (Å²) in [5, 5.41) is 3.34. The monoisotopic (exact) mass is 207 g/mol. The number of Topliss-reactive ketones (excluding diaryl/α,β-unsaturated/α-hetero) is 1. The predicted octanol–water partition coefficient (Wildman–Crippen LogP) is 1.49. The molecule has 1 aromatic rings. The van der Waals surface area contributed by atoms with Crippen LogP contribution in [0.1, 0.15) is 36.7 Å². The predicted molar refractivity (Wildman–Crippen MR) is 62.7 cm³/mol. The van der Waals surface area contributed by atoms with Gasteiger partial charge < -0.3 is 11.6 Å². The lowest BCUT2D eigenvalue weighted by Gasteiger charge is -1.99. The van der Waals surface area contributed by atoms with Crippen LogP contribution < -0.4 is 11.6 Å². The Balaban J connectivity index is 0.000000921. The second-order valence-corrected chi connectivity index (χ2v) is 2.65. The number of benzene rings is 1. The first-order valence-corrected chi connectivity index (χ1v) is 4.80. The Kier molecular flexibility index (Phi) is 5.78. The van der Waals surface area contributed by atoms with Crippen LogP contribution in [-0.2, 0) is 0 Å². The van der Waals surface area contributed by atoms with Gasteiger partial charge in [-0.25, -0.2) is 0 Å². The van der Waals surface area contributed by atoms with Gasteiger partial charge in [0, 0.05) is 11.1 Å². The molecule has 82 valence electrons. The SMILES string of the molecule is CC.CC(=O)c1ccc(/C(N)=N/N)cc1. The maximum atomic E-state index is 10.9. The maximum Gasteiger partial charge on any atom is 0.159 e. The van der Waals surface area contributed by atoms with E-state index in [-0.39, 0.29) is 11.6 Å². The zero-order valence-electron chi connectivity index (χ0n) is 9.32. The van der Waals surface area contributed by atoms with E-state index in [4.69, 9.17) is 11.6 Å². The lowest BCUT2D eigenvalue weighted by molar-refractivity contribution is 0.101. The summed E-state index contributed by atoms with van der Waals surface area (Å²) in [6, 6.07) is 6.80. The van der Waals surface area contributed by atoms with E-state index < -0.39 is 0 Å². The molecule has 0 atom stereocenters. The zero-order chi connectivity index (χ0) is 11.8. The van der Waals surface area contributed by atoms with Gasteiger partial charge in [-0.05, 0) is 6.92 Å². The fourth-order valence-corrected chi connectivity index (χ4v) is 0.950. The zero-order valence-corrected chi connectivity index (χ0v) is 9.32. The minimum Gasteiger partial charge on any atom is -0.382 e. The first kappa shape index (κ1) is 13.2. The third-order valence-electron chi connectivity index (χ3n) is 1.73. The summed E-state index contributed by atoms with van der Waals surface area (Å²) in [5.74, 6) is 5.28.